The Morgan fingerprint density at radius 2 is 1.84 bits per heavy atom. The van der Waals surface area contributed by atoms with Gasteiger partial charge in [0.1, 0.15) is 0 Å². The summed E-state index contributed by atoms with van der Waals surface area (Å²) in [5.74, 6) is 0. The molecule has 0 aliphatic carbocycles. The summed E-state index contributed by atoms with van der Waals surface area (Å²) in [5.41, 5.74) is 2.75. The molecule has 2 aromatic heterocycles. The van der Waals surface area contributed by atoms with Gasteiger partial charge in [-0.2, -0.15) is 0 Å². The molecule has 0 radical (unpaired) electrons. The van der Waals surface area contributed by atoms with Crippen LogP contribution in [0.3, 0.4) is 0 Å². The summed E-state index contributed by atoms with van der Waals surface area (Å²) in [7, 11) is 0. The van der Waals surface area contributed by atoms with Crippen molar-refractivity contribution in [3.63, 3.8) is 0 Å². The van der Waals surface area contributed by atoms with Crippen molar-refractivity contribution in [2.24, 2.45) is 0 Å². The van der Waals surface area contributed by atoms with Crippen molar-refractivity contribution < 1.29 is 4.74 Å². The van der Waals surface area contributed by atoms with Crippen molar-refractivity contribution in [2.75, 3.05) is 6.61 Å². The first-order valence-electron chi connectivity index (χ1n) is 10.6. The van der Waals surface area contributed by atoms with Crippen molar-refractivity contribution in [2.45, 2.75) is 39.0 Å². The third-order valence-electron chi connectivity index (χ3n) is 5.87. The van der Waals surface area contributed by atoms with Crippen LogP contribution < -0.4 is 11.2 Å². The molecule has 7 nitrogen and oxygen atoms in total. The second-order valence-electron chi connectivity index (χ2n) is 8.18. The number of nitrogens with zero attached hydrogens (tertiary/aromatic N) is 4. The fourth-order valence-corrected chi connectivity index (χ4v) is 4.29. The molecule has 0 bridgehead atoms. The maximum absolute atomic E-state index is 13.5. The van der Waals surface area contributed by atoms with Crippen LogP contribution in [0.2, 0.25) is 5.02 Å². The van der Waals surface area contributed by atoms with Crippen molar-refractivity contribution in [1.29, 1.82) is 0 Å². The van der Waals surface area contributed by atoms with Crippen LogP contribution in [0.1, 0.15) is 24.0 Å². The predicted molar refractivity (Wildman–Crippen MR) is 124 cm³/mol. The average Bonchev–Trinajstić information content (AvgIpc) is 3.44. The van der Waals surface area contributed by atoms with Crippen molar-refractivity contribution >= 4 is 22.8 Å². The molecule has 4 aromatic rings. The molecule has 32 heavy (non-hydrogen) atoms. The molecule has 1 fully saturated rings. The van der Waals surface area contributed by atoms with Crippen LogP contribution >= 0.6 is 11.6 Å². The highest BCUT2D eigenvalue weighted by atomic mass is 35.5. The summed E-state index contributed by atoms with van der Waals surface area (Å²) >= 11 is 6.05. The highest BCUT2D eigenvalue weighted by Gasteiger charge is 2.23. The molecule has 164 valence electrons. The molecule has 1 saturated heterocycles. The van der Waals surface area contributed by atoms with E-state index in [2.05, 4.69) is 4.98 Å². The van der Waals surface area contributed by atoms with E-state index in [1.807, 2.05) is 31.2 Å². The molecule has 5 rings (SSSR count). The fourth-order valence-electron chi connectivity index (χ4n) is 4.17. The number of hydrogen-bond donors (Lipinski definition) is 0. The van der Waals surface area contributed by atoms with E-state index in [1.54, 1.807) is 35.2 Å². The summed E-state index contributed by atoms with van der Waals surface area (Å²) in [6.45, 7) is 3.38. The lowest BCUT2D eigenvalue weighted by Gasteiger charge is -2.15. The second-order valence-corrected chi connectivity index (χ2v) is 8.61. The van der Waals surface area contributed by atoms with Crippen LogP contribution in [-0.4, -0.2) is 31.4 Å². The number of rotatable bonds is 5. The molecule has 1 aliphatic rings. The lowest BCUT2D eigenvalue weighted by molar-refractivity contribution is 0.0950. The molecule has 0 amide bonds. The lowest BCUT2D eigenvalue weighted by atomic mass is 10.1. The number of hydrogen-bond acceptors (Lipinski definition) is 4. The monoisotopic (exact) mass is 450 g/mol. The van der Waals surface area contributed by atoms with E-state index in [0.717, 1.165) is 18.4 Å². The highest BCUT2D eigenvalue weighted by Crippen LogP contribution is 2.18. The molecular weight excluding hydrogens is 428 g/mol. The summed E-state index contributed by atoms with van der Waals surface area (Å²) in [5, 5.41) is 0.565. The number of halogens is 1. The van der Waals surface area contributed by atoms with E-state index in [-0.39, 0.29) is 18.2 Å². The smallest absolute Gasteiger partial charge is 0.337 e. The van der Waals surface area contributed by atoms with Gasteiger partial charge >= 0.3 is 5.69 Å². The number of aryl methyl sites for hydroxylation is 1. The zero-order valence-corrected chi connectivity index (χ0v) is 18.5. The van der Waals surface area contributed by atoms with E-state index < -0.39 is 5.69 Å². The largest absolute Gasteiger partial charge is 0.376 e. The van der Waals surface area contributed by atoms with Gasteiger partial charge in [0.2, 0.25) is 0 Å². The maximum atomic E-state index is 13.5. The second kappa shape index (κ2) is 8.41. The van der Waals surface area contributed by atoms with Crippen molar-refractivity contribution in [1.82, 2.24) is 18.7 Å². The van der Waals surface area contributed by atoms with Gasteiger partial charge in [-0.1, -0.05) is 41.4 Å². The first-order valence-corrected chi connectivity index (χ1v) is 11.0. The van der Waals surface area contributed by atoms with E-state index in [9.17, 15) is 9.59 Å². The molecular formula is C24H23ClN4O3. The van der Waals surface area contributed by atoms with Crippen LogP contribution in [0.4, 0.5) is 0 Å². The summed E-state index contributed by atoms with van der Waals surface area (Å²) in [4.78, 5) is 31.5. The number of fused-ring (bicyclic) bond motifs is 1. The van der Waals surface area contributed by atoms with Gasteiger partial charge in [0.25, 0.3) is 5.56 Å². The highest BCUT2D eigenvalue weighted by molar-refractivity contribution is 6.30. The van der Waals surface area contributed by atoms with Gasteiger partial charge in [-0.3, -0.25) is 9.36 Å². The number of aromatic nitrogens is 4. The third kappa shape index (κ3) is 3.78. The van der Waals surface area contributed by atoms with Gasteiger partial charge in [0.05, 0.1) is 24.7 Å². The fraction of sp³-hybridized carbons (Fsp3) is 0.292. The predicted octanol–water partition coefficient (Wildman–Crippen LogP) is 3.54. The minimum absolute atomic E-state index is 0.148. The zero-order chi connectivity index (χ0) is 22.2. The molecule has 0 spiro atoms. The Balaban J connectivity index is 1.71. The zero-order valence-electron chi connectivity index (χ0n) is 17.7. The van der Waals surface area contributed by atoms with Gasteiger partial charge in [-0.15, -0.1) is 0 Å². The summed E-state index contributed by atoms with van der Waals surface area (Å²) < 4.78 is 10.3. The SMILES string of the molecule is Cc1ccc(Cn2cnc3c2c(=O)n(C[C@@H]2CCCO2)c(=O)n3-c2ccc(Cl)cc2)cc1. The molecule has 0 unspecified atom stereocenters. The van der Waals surface area contributed by atoms with E-state index in [0.29, 0.717) is 35.0 Å². The molecule has 8 heteroatoms. The Bertz CT molecular complexity index is 1380. The quantitative estimate of drug-likeness (QED) is 0.466. The molecule has 3 heterocycles. The van der Waals surface area contributed by atoms with Crippen LogP contribution in [-0.2, 0) is 17.8 Å². The molecule has 0 N–H and O–H groups in total. The van der Waals surface area contributed by atoms with Gasteiger partial charge in [-0.25, -0.2) is 14.3 Å². The van der Waals surface area contributed by atoms with Gasteiger partial charge in [0, 0.05) is 18.2 Å². The molecule has 0 saturated carbocycles. The van der Waals surface area contributed by atoms with Crippen LogP contribution in [0.15, 0.2) is 64.4 Å². The summed E-state index contributed by atoms with van der Waals surface area (Å²) in [6.07, 6.45) is 3.23. The van der Waals surface area contributed by atoms with Gasteiger partial charge in [0.15, 0.2) is 11.2 Å². The average molecular weight is 451 g/mol. The summed E-state index contributed by atoms with van der Waals surface area (Å²) in [6, 6.07) is 15.1. The molecule has 2 aromatic carbocycles. The first kappa shape index (κ1) is 20.7. The lowest BCUT2D eigenvalue weighted by Crippen LogP contribution is -2.42. The third-order valence-corrected chi connectivity index (χ3v) is 6.12. The Morgan fingerprint density at radius 3 is 2.53 bits per heavy atom. The van der Waals surface area contributed by atoms with Crippen LogP contribution in [0.5, 0.6) is 0 Å². The van der Waals surface area contributed by atoms with Crippen LogP contribution in [0, 0.1) is 6.92 Å². The van der Waals surface area contributed by atoms with E-state index >= 15 is 0 Å². The number of imidazole rings is 1. The minimum atomic E-state index is -0.430. The maximum Gasteiger partial charge on any atom is 0.337 e. The molecule has 1 atom stereocenters. The number of ether oxygens (including phenoxy) is 1. The first-order chi connectivity index (χ1) is 15.5. The van der Waals surface area contributed by atoms with Gasteiger partial charge < -0.3 is 9.30 Å². The normalized spacial score (nSPS) is 16.1. The Labute approximate surface area is 189 Å². The van der Waals surface area contributed by atoms with Crippen molar-refractivity contribution in [3.05, 3.63) is 91.8 Å². The Morgan fingerprint density at radius 1 is 1.09 bits per heavy atom. The Hall–Kier alpha value is -3.16. The van der Waals surface area contributed by atoms with Crippen LogP contribution in [0.25, 0.3) is 16.9 Å². The topological polar surface area (TPSA) is 71.1 Å². The standard InChI is InChI=1S/C24H23ClN4O3/c1-16-4-6-17(7-5-16)13-27-15-26-22-21(27)23(30)28(14-20-3-2-12-32-20)24(31)29(22)19-10-8-18(25)9-11-19/h4-11,15,20H,2-3,12-14H2,1H3/t20-/m0/s1. The Kier molecular flexibility index (Phi) is 5.45. The molecule has 1 aliphatic heterocycles. The number of benzene rings is 2. The minimum Gasteiger partial charge on any atom is -0.376 e. The van der Waals surface area contributed by atoms with E-state index in [1.165, 1.54) is 14.7 Å². The van der Waals surface area contributed by atoms with Crippen molar-refractivity contribution in [3.8, 4) is 5.69 Å². The van der Waals surface area contributed by atoms with Gasteiger partial charge in [-0.05, 0) is 49.6 Å². The van der Waals surface area contributed by atoms with E-state index in [4.69, 9.17) is 16.3 Å².